The van der Waals surface area contributed by atoms with Gasteiger partial charge in [-0.05, 0) is 49.5 Å². The van der Waals surface area contributed by atoms with E-state index < -0.39 is 0 Å². The predicted octanol–water partition coefficient (Wildman–Crippen LogP) is 4.03. The molecule has 0 atom stereocenters. The average Bonchev–Trinajstić information content (AvgIpc) is 2.70. The zero-order valence-corrected chi connectivity index (χ0v) is 9.22. The fourth-order valence-corrected chi connectivity index (χ4v) is 1.92. The zero-order valence-electron chi connectivity index (χ0n) is 9.22. The highest BCUT2D eigenvalue weighted by atomic mass is 14.9. The van der Waals surface area contributed by atoms with Crippen molar-refractivity contribution in [3.05, 3.63) is 53.8 Å². The average molecular weight is 199 g/mol. The van der Waals surface area contributed by atoms with Crippen LogP contribution in [0.25, 0.3) is 0 Å². The minimum atomic E-state index is 1.05. The van der Waals surface area contributed by atoms with Gasteiger partial charge >= 0.3 is 0 Å². The Hall–Kier alpha value is -1.50. The van der Waals surface area contributed by atoms with Crippen LogP contribution in [0.4, 0.5) is 5.69 Å². The minimum Gasteiger partial charge on any atom is -0.356 e. The fourth-order valence-electron chi connectivity index (χ4n) is 1.92. The number of nitrogens with one attached hydrogen (secondary N) is 1. The third-order valence-electron chi connectivity index (χ3n) is 2.74. The topological polar surface area (TPSA) is 12.0 Å². The van der Waals surface area contributed by atoms with Crippen molar-refractivity contribution < 1.29 is 0 Å². The SMILES string of the molecule is C=C(Nc1cccc(C)c1)C1=CCCC1. The number of hydrogen-bond acceptors (Lipinski definition) is 1. The van der Waals surface area contributed by atoms with Gasteiger partial charge in [0.15, 0.2) is 0 Å². The van der Waals surface area contributed by atoms with E-state index in [1.165, 1.54) is 24.0 Å². The largest absolute Gasteiger partial charge is 0.356 e. The van der Waals surface area contributed by atoms with Gasteiger partial charge in [-0.1, -0.05) is 24.8 Å². The van der Waals surface area contributed by atoms with Gasteiger partial charge in [0.05, 0.1) is 0 Å². The quantitative estimate of drug-likeness (QED) is 0.775. The van der Waals surface area contributed by atoms with Crippen LogP contribution in [-0.2, 0) is 0 Å². The lowest BCUT2D eigenvalue weighted by molar-refractivity contribution is 0.910. The fraction of sp³-hybridized carbons (Fsp3) is 0.286. The van der Waals surface area contributed by atoms with Crippen LogP contribution in [0.1, 0.15) is 24.8 Å². The molecule has 0 fully saturated rings. The second-order valence-corrected chi connectivity index (χ2v) is 4.09. The van der Waals surface area contributed by atoms with Crippen molar-refractivity contribution in [1.82, 2.24) is 0 Å². The Balaban J connectivity index is 2.05. The van der Waals surface area contributed by atoms with Crippen LogP contribution in [0, 0.1) is 6.92 Å². The highest BCUT2D eigenvalue weighted by molar-refractivity contribution is 5.54. The molecular formula is C14H17N. The molecule has 0 heterocycles. The molecule has 1 aromatic rings. The lowest BCUT2D eigenvalue weighted by Crippen LogP contribution is -1.99. The first-order chi connectivity index (χ1) is 7.25. The molecule has 1 aliphatic rings. The Morgan fingerprint density at radius 1 is 1.40 bits per heavy atom. The molecule has 1 aromatic carbocycles. The molecule has 0 radical (unpaired) electrons. The van der Waals surface area contributed by atoms with E-state index in [2.05, 4.69) is 49.2 Å². The third-order valence-corrected chi connectivity index (χ3v) is 2.74. The van der Waals surface area contributed by atoms with E-state index in [9.17, 15) is 0 Å². The van der Waals surface area contributed by atoms with E-state index in [1.807, 2.05) is 0 Å². The lowest BCUT2D eigenvalue weighted by atomic mass is 10.1. The Morgan fingerprint density at radius 2 is 2.27 bits per heavy atom. The monoisotopic (exact) mass is 199 g/mol. The Labute approximate surface area is 91.5 Å². The summed E-state index contributed by atoms with van der Waals surface area (Å²) in [7, 11) is 0. The molecule has 0 spiro atoms. The van der Waals surface area contributed by atoms with E-state index in [4.69, 9.17) is 0 Å². The molecule has 0 bridgehead atoms. The second kappa shape index (κ2) is 4.35. The minimum absolute atomic E-state index is 1.05. The Kier molecular flexibility index (Phi) is 2.91. The summed E-state index contributed by atoms with van der Waals surface area (Å²) < 4.78 is 0. The van der Waals surface area contributed by atoms with Crippen LogP contribution in [0.3, 0.4) is 0 Å². The van der Waals surface area contributed by atoms with Crippen molar-refractivity contribution in [3.63, 3.8) is 0 Å². The molecule has 0 amide bonds. The molecule has 1 N–H and O–H groups in total. The van der Waals surface area contributed by atoms with Gasteiger partial charge in [-0.3, -0.25) is 0 Å². The van der Waals surface area contributed by atoms with Crippen molar-refractivity contribution in [2.75, 3.05) is 5.32 Å². The van der Waals surface area contributed by atoms with Crippen molar-refractivity contribution >= 4 is 5.69 Å². The van der Waals surface area contributed by atoms with Gasteiger partial charge in [-0.25, -0.2) is 0 Å². The summed E-state index contributed by atoms with van der Waals surface area (Å²) in [5.41, 5.74) is 4.83. The van der Waals surface area contributed by atoms with Crippen LogP contribution < -0.4 is 5.32 Å². The highest BCUT2D eigenvalue weighted by Gasteiger charge is 2.07. The van der Waals surface area contributed by atoms with Gasteiger partial charge in [0, 0.05) is 11.4 Å². The first kappa shape index (κ1) is 10.0. The maximum Gasteiger partial charge on any atom is 0.0386 e. The van der Waals surface area contributed by atoms with Crippen LogP contribution in [0.15, 0.2) is 48.2 Å². The van der Waals surface area contributed by atoms with Crippen molar-refractivity contribution in [2.45, 2.75) is 26.2 Å². The number of hydrogen-bond donors (Lipinski definition) is 1. The number of anilines is 1. The molecule has 0 saturated carbocycles. The molecule has 0 aliphatic heterocycles. The summed E-state index contributed by atoms with van der Waals surface area (Å²) >= 11 is 0. The normalized spacial score (nSPS) is 14.9. The summed E-state index contributed by atoms with van der Waals surface area (Å²) in [4.78, 5) is 0. The van der Waals surface area contributed by atoms with E-state index in [0.717, 1.165) is 17.8 Å². The van der Waals surface area contributed by atoms with Gasteiger partial charge in [-0.2, -0.15) is 0 Å². The van der Waals surface area contributed by atoms with E-state index in [1.54, 1.807) is 0 Å². The molecule has 0 aromatic heterocycles. The smallest absolute Gasteiger partial charge is 0.0386 e. The molecule has 1 heteroatoms. The zero-order chi connectivity index (χ0) is 10.7. The van der Waals surface area contributed by atoms with E-state index >= 15 is 0 Å². The second-order valence-electron chi connectivity index (χ2n) is 4.09. The number of benzene rings is 1. The van der Waals surface area contributed by atoms with E-state index in [0.29, 0.717) is 0 Å². The van der Waals surface area contributed by atoms with Crippen LogP contribution in [0.2, 0.25) is 0 Å². The standard InChI is InChI=1S/C14H17N/c1-11-6-5-9-14(10-11)15-12(2)13-7-3-4-8-13/h5-7,9-10,15H,2-4,8H2,1H3. The Bertz CT molecular complexity index is 402. The molecule has 15 heavy (non-hydrogen) atoms. The molecule has 78 valence electrons. The van der Waals surface area contributed by atoms with Crippen LogP contribution in [0.5, 0.6) is 0 Å². The summed E-state index contributed by atoms with van der Waals surface area (Å²) in [5.74, 6) is 0. The summed E-state index contributed by atoms with van der Waals surface area (Å²) in [6.07, 6.45) is 5.91. The summed E-state index contributed by atoms with van der Waals surface area (Å²) in [5, 5.41) is 3.36. The molecule has 1 aliphatic carbocycles. The molecule has 1 nitrogen and oxygen atoms in total. The number of allylic oxidation sites excluding steroid dienone is 2. The summed E-state index contributed by atoms with van der Waals surface area (Å²) in [6.45, 7) is 6.18. The van der Waals surface area contributed by atoms with Gasteiger partial charge in [0.25, 0.3) is 0 Å². The first-order valence-electron chi connectivity index (χ1n) is 5.48. The van der Waals surface area contributed by atoms with Crippen molar-refractivity contribution in [2.24, 2.45) is 0 Å². The van der Waals surface area contributed by atoms with Gasteiger partial charge in [0.2, 0.25) is 0 Å². The van der Waals surface area contributed by atoms with Crippen LogP contribution >= 0.6 is 0 Å². The maximum absolute atomic E-state index is 4.08. The van der Waals surface area contributed by atoms with E-state index in [-0.39, 0.29) is 0 Å². The molecule has 2 rings (SSSR count). The lowest BCUT2D eigenvalue weighted by Gasteiger charge is -2.10. The van der Waals surface area contributed by atoms with Crippen LogP contribution in [-0.4, -0.2) is 0 Å². The van der Waals surface area contributed by atoms with Gasteiger partial charge in [-0.15, -0.1) is 0 Å². The number of rotatable bonds is 3. The number of aryl methyl sites for hydroxylation is 1. The maximum atomic E-state index is 4.08. The molecular weight excluding hydrogens is 182 g/mol. The van der Waals surface area contributed by atoms with Crippen molar-refractivity contribution in [1.29, 1.82) is 0 Å². The van der Waals surface area contributed by atoms with Crippen molar-refractivity contribution in [3.8, 4) is 0 Å². The Morgan fingerprint density at radius 3 is 2.93 bits per heavy atom. The third kappa shape index (κ3) is 2.50. The highest BCUT2D eigenvalue weighted by Crippen LogP contribution is 2.24. The molecule has 0 saturated heterocycles. The summed E-state index contributed by atoms with van der Waals surface area (Å²) in [6, 6.07) is 8.38. The van der Waals surface area contributed by atoms with Gasteiger partial charge < -0.3 is 5.32 Å². The van der Waals surface area contributed by atoms with Gasteiger partial charge in [0.1, 0.15) is 0 Å². The first-order valence-corrected chi connectivity index (χ1v) is 5.48. The predicted molar refractivity (Wildman–Crippen MR) is 65.9 cm³/mol. The molecule has 0 unspecified atom stereocenters.